The van der Waals surface area contributed by atoms with Crippen molar-refractivity contribution in [1.29, 1.82) is 0 Å². The molecule has 0 saturated heterocycles. The summed E-state index contributed by atoms with van der Waals surface area (Å²) in [5, 5.41) is 10.8. The minimum atomic E-state index is -0.628. The van der Waals surface area contributed by atoms with E-state index in [0.29, 0.717) is 19.4 Å². The van der Waals surface area contributed by atoms with E-state index in [4.69, 9.17) is 5.73 Å². The summed E-state index contributed by atoms with van der Waals surface area (Å²) in [4.78, 5) is 13.1. The maximum Gasteiger partial charge on any atom is 0.220 e. The van der Waals surface area contributed by atoms with Crippen LogP contribution in [0.4, 0.5) is 0 Å². The van der Waals surface area contributed by atoms with Gasteiger partial charge in [-0.1, -0.05) is 93.1 Å². The largest absolute Gasteiger partial charge is 0.392 e. The molecular weight excluding hydrogens is 488 g/mol. The monoisotopic (exact) mass is 532 g/mol. The molecule has 0 saturated carbocycles. The minimum absolute atomic E-state index is 0.0878. The fourth-order valence-electron chi connectivity index (χ4n) is 4.76. The van der Waals surface area contributed by atoms with E-state index in [1.807, 2.05) is 30.3 Å². The van der Waals surface area contributed by atoms with Crippen LogP contribution in [0.3, 0.4) is 0 Å². The smallest absolute Gasteiger partial charge is 0.220 e. The number of rotatable bonds is 10. The van der Waals surface area contributed by atoms with Gasteiger partial charge in [0.2, 0.25) is 5.91 Å². The molecule has 2 atom stereocenters. The van der Waals surface area contributed by atoms with E-state index in [9.17, 15) is 9.90 Å². The molecule has 1 aliphatic carbocycles. The van der Waals surface area contributed by atoms with E-state index in [-0.39, 0.29) is 17.2 Å². The van der Waals surface area contributed by atoms with Gasteiger partial charge in [-0.2, -0.15) is 0 Å². The highest BCUT2D eigenvalue weighted by Gasteiger charge is 2.24. The third kappa shape index (κ3) is 10.6. The Bertz CT molecular complexity index is 1100. The van der Waals surface area contributed by atoms with Crippen LogP contribution in [0.2, 0.25) is 0 Å². The summed E-state index contributed by atoms with van der Waals surface area (Å²) < 4.78 is 2.19. The van der Waals surface area contributed by atoms with Crippen molar-refractivity contribution >= 4 is 17.9 Å². The fraction of sp³-hybridized carbons (Fsp3) is 0.424. The van der Waals surface area contributed by atoms with Crippen LogP contribution in [0.15, 0.2) is 83.8 Å². The Morgan fingerprint density at radius 2 is 1.53 bits per heavy atom. The molecule has 5 heteroatoms. The first-order valence-electron chi connectivity index (χ1n) is 13.7. The first-order chi connectivity index (χ1) is 18.1. The zero-order chi connectivity index (χ0) is 27.5. The van der Waals surface area contributed by atoms with Crippen LogP contribution in [0.25, 0.3) is 0 Å². The number of carbonyl (C=O) groups is 1. The zero-order valence-corrected chi connectivity index (χ0v) is 24.2. The average Bonchev–Trinajstić information content (AvgIpc) is 3.34. The maximum atomic E-state index is 12.0. The predicted molar refractivity (Wildman–Crippen MR) is 160 cm³/mol. The Balaban J connectivity index is 0.000000368. The molecule has 3 N–H and O–H groups in total. The molecule has 0 spiro atoms. The van der Waals surface area contributed by atoms with Crippen LogP contribution in [-0.2, 0) is 24.1 Å². The molecule has 1 aliphatic rings. The lowest BCUT2D eigenvalue weighted by Crippen LogP contribution is -2.36. The van der Waals surface area contributed by atoms with E-state index < -0.39 is 6.10 Å². The number of hydrogen-bond donors (Lipinski definition) is 2. The van der Waals surface area contributed by atoms with E-state index in [1.54, 1.807) is 23.1 Å². The van der Waals surface area contributed by atoms with Crippen LogP contribution >= 0.6 is 11.9 Å². The summed E-state index contributed by atoms with van der Waals surface area (Å²) in [7, 11) is 0. The van der Waals surface area contributed by atoms with Crippen molar-refractivity contribution in [2.45, 2.75) is 70.8 Å². The van der Waals surface area contributed by atoms with Crippen molar-refractivity contribution in [3.63, 3.8) is 0 Å². The van der Waals surface area contributed by atoms with Gasteiger partial charge in [-0.05, 0) is 85.2 Å². The van der Waals surface area contributed by atoms with Gasteiger partial charge in [0.15, 0.2) is 0 Å². The SMILES string of the molecule is Cc1ccc(SN(C[C@@H](O)C[C@@H](Cc2ccccc2)C(N)=O)CC(C)(C)C)cc1.c1ccc2c(c1)CCC2. The molecule has 3 aromatic carbocycles. The van der Waals surface area contributed by atoms with Crippen LogP contribution in [0.5, 0.6) is 0 Å². The molecule has 0 unspecified atom stereocenters. The summed E-state index contributed by atoms with van der Waals surface area (Å²) in [5.74, 6) is -0.741. The standard InChI is InChI=1S/C24H34N2O2S.C9H10/c1-18-10-12-22(13-11-18)29-26(17-24(2,3)4)16-21(27)15-20(23(25)28)14-19-8-6-5-7-9-19;1-2-5-9-7-3-6-8(9)4-1/h5-13,20-21,27H,14-17H2,1-4H3,(H2,25,28);1-2,4-5H,3,6-7H2/t20-,21+;/m1./s1. The van der Waals surface area contributed by atoms with Gasteiger partial charge in [0.05, 0.1) is 6.10 Å². The van der Waals surface area contributed by atoms with Crippen molar-refractivity contribution in [2.75, 3.05) is 13.1 Å². The van der Waals surface area contributed by atoms with Crippen molar-refractivity contribution < 1.29 is 9.90 Å². The lowest BCUT2D eigenvalue weighted by molar-refractivity contribution is -0.122. The second-order valence-corrected chi connectivity index (χ2v) is 12.8. The van der Waals surface area contributed by atoms with Crippen LogP contribution in [0.1, 0.15) is 55.9 Å². The molecule has 0 radical (unpaired) electrons. The third-order valence-electron chi connectivity index (χ3n) is 6.62. The second kappa shape index (κ2) is 14.5. The lowest BCUT2D eigenvalue weighted by Gasteiger charge is -2.31. The van der Waals surface area contributed by atoms with Gasteiger partial charge in [0.1, 0.15) is 0 Å². The Kier molecular flexibility index (Phi) is 11.4. The number of nitrogens with zero attached hydrogens (tertiary/aromatic N) is 1. The first kappa shape index (κ1) is 29.9. The summed E-state index contributed by atoms with van der Waals surface area (Å²) in [6.45, 7) is 9.93. The molecule has 3 aromatic rings. The number of primary amides is 1. The topological polar surface area (TPSA) is 66.6 Å². The van der Waals surface area contributed by atoms with Crippen molar-refractivity contribution in [3.05, 3.63) is 101 Å². The molecule has 1 amide bonds. The van der Waals surface area contributed by atoms with Gasteiger partial charge < -0.3 is 10.8 Å². The number of hydrogen-bond acceptors (Lipinski definition) is 4. The quantitative estimate of drug-likeness (QED) is 0.288. The number of benzene rings is 3. The Morgan fingerprint density at radius 1 is 0.947 bits per heavy atom. The number of amides is 1. The second-order valence-electron chi connectivity index (χ2n) is 11.6. The van der Waals surface area contributed by atoms with Gasteiger partial charge in [0, 0.05) is 23.9 Å². The normalized spacial score (nSPS) is 14.4. The Hall–Kier alpha value is -2.60. The molecule has 0 heterocycles. The highest BCUT2D eigenvalue weighted by Crippen LogP contribution is 2.28. The Labute approximate surface area is 233 Å². The number of fused-ring (bicyclic) bond motifs is 1. The number of aliphatic hydroxyl groups is 1. The summed E-state index contributed by atoms with van der Waals surface area (Å²) in [5.41, 5.74) is 11.1. The average molecular weight is 533 g/mol. The minimum Gasteiger partial charge on any atom is -0.392 e. The van der Waals surface area contributed by atoms with Crippen molar-refractivity contribution in [2.24, 2.45) is 17.1 Å². The van der Waals surface area contributed by atoms with Crippen LogP contribution in [0, 0.1) is 18.3 Å². The van der Waals surface area contributed by atoms with Gasteiger partial charge >= 0.3 is 0 Å². The van der Waals surface area contributed by atoms with E-state index >= 15 is 0 Å². The summed E-state index contributed by atoms with van der Waals surface area (Å²) >= 11 is 1.65. The van der Waals surface area contributed by atoms with Gasteiger partial charge in [-0.25, -0.2) is 4.31 Å². The molecule has 4 rings (SSSR count). The number of aliphatic hydroxyl groups excluding tert-OH is 1. The van der Waals surface area contributed by atoms with E-state index in [0.717, 1.165) is 17.0 Å². The van der Waals surface area contributed by atoms with Gasteiger partial charge in [0.25, 0.3) is 0 Å². The summed E-state index contributed by atoms with van der Waals surface area (Å²) in [6.07, 6.45) is 4.25. The number of nitrogens with two attached hydrogens (primary N) is 1. The van der Waals surface area contributed by atoms with E-state index in [1.165, 1.54) is 24.8 Å². The molecule has 204 valence electrons. The molecule has 0 bridgehead atoms. The highest BCUT2D eigenvalue weighted by molar-refractivity contribution is 7.97. The third-order valence-corrected chi connectivity index (χ3v) is 7.63. The highest BCUT2D eigenvalue weighted by atomic mass is 32.2. The van der Waals surface area contributed by atoms with Crippen molar-refractivity contribution in [3.8, 4) is 0 Å². The molecule has 0 aromatic heterocycles. The lowest BCUT2D eigenvalue weighted by atomic mass is 9.92. The van der Waals surface area contributed by atoms with Gasteiger partial charge in [-0.15, -0.1) is 0 Å². The van der Waals surface area contributed by atoms with E-state index in [2.05, 4.69) is 80.5 Å². The predicted octanol–water partition coefficient (Wildman–Crippen LogP) is 6.62. The molecule has 0 fully saturated rings. The maximum absolute atomic E-state index is 12.0. The van der Waals surface area contributed by atoms with Crippen molar-refractivity contribution in [1.82, 2.24) is 4.31 Å². The zero-order valence-electron chi connectivity index (χ0n) is 23.4. The molecule has 4 nitrogen and oxygen atoms in total. The molecule has 38 heavy (non-hydrogen) atoms. The van der Waals surface area contributed by atoms with Crippen LogP contribution in [-0.4, -0.2) is 34.5 Å². The Morgan fingerprint density at radius 3 is 2.08 bits per heavy atom. The van der Waals surface area contributed by atoms with Gasteiger partial charge in [-0.3, -0.25) is 4.79 Å². The van der Waals surface area contributed by atoms with Crippen LogP contribution < -0.4 is 5.73 Å². The first-order valence-corrected chi connectivity index (χ1v) is 14.4. The number of aryl methyl sites for hydroxylation is 3. The molecular formula is C33H44N2O2S. The molecule has 0 aliphatic heterocycles. The fourth-order valence-corrected chi connectivity index (χ4v) is 6.02. The summed E-state index contributed by atoms with van der Waals surface area (Å²) in [6, 6.07) is 27.0. The number of carbonyl (C=O) groups excluding carboxylic acids is 1.